The van der Waals surface area contributed by atoms with Gasteiger partial charge in [-0.15, -0.1) is 11.3 Å². The van der Waals surface area contributed by atoms with Gasteiger partial charge >= 0.3 is 12.1 Å². The number of nitrogens with one attached hydrogen (secondary N) is 1. The van der Waals surface area contributed by atoms with Gasteiger partial charge < -0.3 is 20.1 Å². The van der Waals surface area contributed by atoms with Crippen molar-refractivity contribution in [3.63, 3.8) is 0 Å². The first-order valence-corrected chi connectivity index (χ1v) is 13.5. The molecule has 3 heterocycles. The minimum atomic E-state index is -1.13. The second-order valence-corrected chi connectivity index (χ2v) is 12.5. The number of hydrogen-bond acceptors (Lipinski definition) is 7. The minimum absolute atomic E-state index is 0.00641. The lowest BCUT2D eigenvalue weighted by Gasteiger charge is -2.34. The Morgan fingerprint density at radius 1 is 1.24 bits per heavy atom. The number of aliphatic carboxylic acids is 1. The fraction of sp³-hybridized carbons (Fsp3) is 0.538. The van der Waals surface area contributed by atoms with Crippen LogP contribution in [-0.4, -0.2) is 62.6 Å². The number of aromatic nitrogens is 1. The summed E-state index contributed by atoms with van der Waals surface area (Å²) in [5, 5.41) is 14.3. The molecular weight excluding hydrogens is 516 g/mol. The van der Waals surface area contributed by atoms with Crippen molar-refractivity contribution in [1.29, 1.82) is 0 Å². The van der Waals surface area contributed by atoms with E-state index in [-0.39, 0.29) is 18.9 Å². The standard InChI is InChI=1S/C26H33ClN4O5S/c1-14(2)20-10-28-24(37-20)29-21(26(3,4)5)22(32)31-12-16(9-19(31)23(33)34)36-25(35)30-11-15-7-6-8-18(27)17(15)13-30/h6-8,10,14,16,19,21H,9,11-13H2,1-5H3,(H,28,29)(H,33,34)/t16-,19+,21?/m1/s1. The number of amides is 2. The van der Waals surface area contributed by atoms with Crippen LogP contribution in [0, 0.1) is 5.41 Å². The Morgan fingerprint density at radius 3 is 2.57 bits per heavy atom. The zero-order chi connectivity index (χ0) is 27.1. The quantitative estimate of drug-likeness (QED) is 0.525. The number of rotatable bonds is 6. The van der Waals surface area contributed by atoms with Gasteiger partial charge in [0.2, 0.25) is 5.91 Å². The van der Waals surface area contributed by atoms with Gasteiger partial charge in [0.05, 0.1) is 13.1 Å². The monoisotopic (exact) mass is 548 g/mol. The molecule has 11 heteroatoms. The number of carboxylic acids is 1. The molecule has 0 bridgehead atoms. The Labute approximate surface area is 225 Å². The van der Waals surface area contributed by atoms with Gasteiger partial charge in [0.15, 0.2) is 5.13 Å². The minimum Gasteiger partial charge on any atom is -0.480 e. The van der Waals surface area contributed by atoms with E-state index in [1.54, 1.807) is 12.3 Å². The van der Waals surface area contributed by atoms with Gasteiger partial charge in [-0.3, -0.25) is 9.69 Å². The highest BCUT2D eigenvalue weighted by Gasteiger charge is 2.46. The molecule has 4 rings (SSSR count). The van der Waals surface area contributed by atoms with E-state index in [1.165, 1.54) is 21.1 Å². The first-order chi connectivity index (χ1) is 17.3. The molecule has 1 saturated heterocycles. The summed E-state index contributed by atoms with van der Waals surface area (Å²) in [6.07, 6.45) is 0.534. The molecule has 9 nitrogen and oxygen atoms in total. The molecule has 1 aromatic heterocycles. The number of carbonyl (C=O) groups excluding carboxylic acids is 2. The predicted molar refractivity (Wildman–Crippen MR) is 142 cm³/mol. The van der Waals surface area contributed by atoms with Crippen molar-refractivity contribution in [2.24, 2.45) is 5.41 Å². The topological polar surface area (TPSA) is 112 Å². The lowest BCUT2D eigenvalue weighted by Crippen LogP contribution is -2.52. The molecule has 200 valence electrons. The van der Waals surface area contributed by atoms with Gasteiger partial charge in [0.1, 0.15) is 18.2 Å². The molecule has 2 amide bonds. The lowest BCUT2D eigenvalue weighted by atomic mass is 9.85. The fourth-order valence-electron chi connectivity index (χ4n) is 4.65. The average molecular weight is 549 g/mol. The number of thiazole rings is 1. The van der Waals surface area contributed by atoms with Crippen molar-refractivity contribution in [3.8, 4) is 0 Å². The average Bonchev–Trinajstić information content (AvgIpc) is 3.54. The van der Waals surface area contributed by atoms with Crippen molar-refractivity contribution >= 4 is 46.0 Å². The van der Waals surface area contributed by atoms with Gasteiger partial charge in [-0.2, -0.15) is 0 Å². The van der Waals surface area contributed by atoms with Crippen molar-refractivity contribution in [2.75, 3.05) is 11.9 Å². The molecule has 37 heavy (non-hydrogen) atoms. The van der Waals surface area contributed by atoms with Crippen LogP contribution >= 0.6 is 22.9 Å². The molecule has 3 atom stereocenters. The molecule has 0 spiro atoms. The Balaban J connectivity index is 1.46. The SMILES string of the molecule is CC(C)c1cnc(NC(C(=O)N2C[C@H](OC(=O)N3Cc4cccc(Cl)c4C3)C[C@H]2C(=O)O)C(C)(C)C)s1. The van der Waals surface area contributed by atoms with Gasteiger partial charge in [-0.25, -0.2) is 14.6 Å². The zero-order valence-electron chi connectivity index (χ0n) is 21.7. The third-order valence-corrected chi connectivity index (χ3v) is 8.34. The van der Waals surface area contributed by atoms with Gasteiger partial charge in [-0.05, 0) is 28.5 Å². The number of benzene rings is 1. The maximum atomic E-state index is 13.7. The highest BCUT2D eigenvalue weighted by Crippen LogP contribution is 2.33. The number of hydrogen-bond donors (Lipinski definition) is 2. The summed E-state index contributed by atoms with van der Waals surface area (Å²) < 4.78 is 5.70. The Bertz CT molecular complexity index is 1190. The van der Waals surface area contributed by atoms with Crippen LogP contribution in [0.25, 0.3) is 0 Å². The number of anilines is 1. The second kappa shape index (κ2) is 10.5. The van der Waals surface area contributed by atoms with Crippen molar-refractivity contribution in [1.82, 2.24) is 14.8 Å². The summed E-state index contributed by atoms with van der Waals surface area (Å²) >= 11 is 7.74. The molecule has 1 unspecified atom stereocenters. The Hall–Kier alpha value is -2.85. The first kappa shape index (κ1) is 27.2. The molecule has 1 fully saturated rings. The summed E-state index contributed by atoms with van der Waals surface area (Å²) in [6, 6.07) is 3.72. The van der Waals surface area contributed by atoms with Crippen LogP contribution in [0.5, 0.6) is 0 Å². The number of likely N-dealkylation sites (tertiary alicyclic amines) is 1. The smallest absolute Gasteiger partial charge is 0.410 e. The van der Waals surface area contributed by atoms with Crippen molar-refractivity contribution in [2.45, 2.75) is 78.2 Å². The summed E-state index contributed by atoms with van der Waals surface area (Å²) in [5.74, 6) is -1.18. The molecule has 0 radical (unpaired) electrons. The van der Waals surface area contributed by atoms with E-state index in [0.29, 0.717) is 29.2 Å². The molecule has 0 aliphatic carbocycles. The molecule has 0 saturated carbocycles. The molecule has 1 aromatic carbocycles. The van der Waals surface area contributed by atoms with E-state index in [9.17, 15) is 19.5 Å². The van der Waals surface area contributed by atoms with Gasteiger partial charge in [0.25, 0.3) is 0 Å². The van der Waals surface area contributed by atoms with E-state index in [4.69, 9.17) is 16.3 Å². The van der Waals surface area contributed by atoms with Crippen LogP contribution < -0.4 is 5.32 Å². The largest absolute Gasteiger partial charge is 0.480 e. The van der Waals surface area contributed by atoms with Gasteiger partial charge in [-0.1, -0.05) is 58.4 Å². The molecule has 2 aliphatic heterocycles. The first-order valence-electron chi connectivity index (χ1n) is 12.3. The van der Waals surface area contributed by atoms with E-state index < -0.39 is 35.7 Å². The zero-order valence-corrected chi connectivity index (χ0v) is 23.2. The van der Waals surface area contributed by atoms with Gasteiger partial charge in [0, 0.05) is 29.1 Å². The summed E-state index contributed by atoms with van der Waals surface area (Å²) in [6.45, 7) is 10.6. The predicted octanol–water partition coefficient (Wildman–Crippen LogP) is 4.95. The van der Waals surface area contributed by atoms with E-state index >= 15 is 0 Å². The summed E-state index contributed by atoms with van der Waals surface area (Å²) in [7, 11) is 0. The number of carbonyl (C=O) groups is 3. The maximum absolute atomic E-state index is 13.7. The number of fused-ring (bicyclic) bond motifs is 1. The van der Waals surface area contributed by atoms with Crippen LogP contribution in [0.15, 0.2) is 24.4 Å². The highest BCUT2D eigenvalue weighted by atomic mass is 35.5. The molecule has 2 aliphatic rings. The summed E-state index contributed by atoms with van der Waals surface area (Å²) in [5.41, 5.74) is 1.31. The molecule has 2 N–H and O–H groups in total. The van der Waals surface area contributed by atoms with E-state index in [1.807, 2.05) is 32.9 Å². The summed E-state index contributed by atoms with van der Waals surface area (Å²) in [4.78, 5) is 47.1. The van der Waals surface area contributed by atoms with E-state index in [2.05, 4.69) is 24.1 Å². The van der Waals surface area contributed by atoms with Crippen LogP contribution in [0.3, 0.4) is 0 Å². The number of halogens is 1. The number of carboxylic acid groups (broad SMARTS) is 1. The lowest BCUT2D eigenvalue weighted by molar-refractivity contribution is -0.149. The van der Waals surface area contributed by atoms with E-state index in [0.717, 1.165) is 16.0 Å². The Kier molecular flexibility index (Phi) is 7.71. The fourth-order valence-corrected chi connectivity index (χ4v) is 5.75. The van der Waals surface area contributed by atoms with Crippen molar-refractivity contribution in [3.05, 3.63) is 45.4 Å². The second-order valence-electron chi connectivity index (χ2n) is 11.0. The van der Waals surface area contributed by atoms with Crippen molar-refractivity contribution < 1.29 is 24.2 Å². The van der Waals surface area contributed by atoms with Crippen LogP contribution in [-0.2, 0) is 27.4 Å². The maximum Gasteiger partial charge on any atom is 0.410 e. The third-order valence-electron chi connectivity index (χ3n) is 6.76. The molecule has 2 aromatic rings. The van der Waals surface area contributed by atoms with Crippen LogP contribution in [0.1, 0.15) is 63.0 Å². The molecular formula is C26H33ClN4O5S. The van der Waals surface area contributed by atoms with Crippen LogP contribution in [0.4, 0.5) is 9.93 Å². The normalized spacial score (nSPS) is 20.2. The number of ether oxygens (including phenoxy) is 1. The third kappa shape index (κ3) is 5.85. The highest BCUT2D eigenvalue weighted by molar-refractivity contribution is 7.15. The Morgan fingerprint density at radius 2 is 1.97 bits per heavy atom. The van der Waals surface area contributed by atoms with Crippen LogP contribution in [0.2, 0.25) is 5.02 Å². The number of nitrogens with zero attached hydrogens (tertiary/aromatic N) is 3.